The summed E-state index contributed by atoms with van der Waals surface area (Å²) in [7, 11) is 0. The molecule has 0 saturated heterocycles. The Morgan fingerprint density at radius 1 is 1.29 bits per heavy atom. The van der Waals surface area contributed by atoms with E-state index in [4.69, 9.17) is 9.84 Å². The normalized spacial score (nSPS) is 12.7. The van der Waals surface area contributed by atoms with Crippen molar-refractivity contribution in [3.05, 3.63) is 58.7 Å². The molecule has 0 unspecified atom stereocenters. The zero-order valence-corrected chi connectivity index (χ0v) is 18.2. The predicted molar refractivity (Wildman–Crippen MR) is 120 cm³/mol. The third-order valence-electron chi connectivity index (χ3n) is 5.07. The van der Waals surface area contributed by atoms with Crippen LogP contribution in [0.4, 0.5) is 0 Å². The minimum absolute atomic E-state index is 0.133. The summed E-state index contributed by atoms with van der Waals surface area (Å²) in [6.07, 6.45) is 3.63. The molecule has 0 saturated carbocycles. The second-order valence-electron chi connectivity index (χ2n) is 8.53. The summed E-state index contributed by atoms with van der Waals surface area (Å²) in [5, 5.41) is 22.2. The molecule has 0 spiro atoms. The first-order valence-electron chi connectivity index (χ1n) is 9.92. The fourth-order valence-corrected chi connectivity index (χ4v) is 4.37. The topological polar surface area (TPSA) is 92.2 Å². The molecule has 1 aliphatic rings. The molecule has 158 valence electrons. The summed E-state index contributed by atoms with van der Waals surface area (Å²) in [5.74, 6) is 0.451. The number of carbonyl (C=O) groups is 1. The van der Waals surface area contributed by atoms with Crippen LogP contribution in [0.15, 0.2) is 47.4 Å². The van der Waals surface area contributed by atoms with Crippen molar-refractivity contribution in [3.8, 4) is 39.6 Å². The number of aromatic hydroxyl groups is 1. The van der Waals surface area contributed by atoms with E-state index in [1.807, 2.05) is 55.9 Å². The molecule has 0 bridgehead atoms. The first kappa shape index (κ1) is 19.4. The van der Waals surface area contributed by atoms with Gasteiger partial charge in [-0.25, -0.2) is 4.68 Å². The van der Waals surface area contributed by atoms with Crippen molar-refractivity contribution in [2.75, 3.05) is 0 Å². The quantitative estimate of drug-likeness (QED) is 0.435. The van der Waals surface area contributed by atoms with Crippen molar-refractivity contribution in [2.45, 2.75) is 32.9 Å². The van der Waals surface area contributed by atoms with Gasteiger partial charge >= 0.3 is 0 Å². The maximum atomic E-state index is 13.1. The number of carbonyl (C=O) groups excluding carboxylic acids is 1. The van der Waals surface area contributed by atoms with Crippen molar-refractivity contribution >= 4 is 17.2 Å². The second-order valence-corrected chi connectivity index (χ2v) is 9.31. The number of nitrogens with zero attached hydrogens (tertiary/aromatic N) is 2. The van der Waals surface area contributed by atoms with E-state index < -0.39 is 5.54 Å². The van der Waals surface area contributed by atoms with Crippen LogP contribution in [0.2, 0.25) is 0 Å². The van der Waals surface area contributed by atoms with Gasteiger partial charge in [0, 0.05) is 51.6 Å². The zero-order chi connectivity index (χ0) is 21.8. The van der Waals surface area contributed by atoms with Gasteiger partial charge in [-0.1, -0.05) is 0 Å². The highest BCUT2D eigenvalue weighted by Crippen LogP contribution is 2.45. The lowest BCUT2D eigenvalue weighted by Gasteiger charge is -2.22. The van der Waals surface area contributed by atoms with E-state index in [9.17, 15) is 9.90 Å². The van der Waals surface area contributed by atoms with Gasteiger partial charge in [0.05, 0.1) is 11.4 Å². The van der Waals surface area contributed by atoms with Gasteiger partial charge in [0.2, 0.25) is 0 Å². The molecule has 1 aromatic carbocycles. The van der Waals surface area contributed by atoms with Crippen molar-refractivity contribution in [1.82, 2.24) is 20.1 Å². The second kappa shape index (κ2) is 7.02. The minimum atomic E-state index is -0.392. The summed E-state index contributed by atoms with van der Waals surface area (Å²) < 4.78 is 7.75. The Balaban J connectivity index is 1.73. The van der Waals surface area contributed by atoms with E-state index in [1.165, 1.54) is 0 Å². The third kappa shape index (κ3) is 3.38. The number of phenolic OH excluding ortho intramolecular Hbond substituents is 1. The lowest BCUT2D eigenvalue weighted by molar-refractivity contribution is 0.0911. The van der Waals surface area contributed by atoms with Crippen LogP contribution in [0.1, 0.15) is 36.8 Å². The lowest BCUT2D eigenvalue weighted by Crippen LogP contribution is -2.41. The molecular weight excluding hydrogens is 412 g/mol. The summed E-state index contributed by atoms with van der Waals surface area (Å²) in [4.78, 5) is 16.1. The van der Waals surface area contributed by atoms with E-state index in [1.54, 1.807) is 28.3 Å². The van der Waals surface area contributed by atoms with E-state index in [-0.39, 0.29) is 18.3 Å². The lowest BCUT2D eigenvalue weighted by atomic mass is 9.97. The largest absolute Gasteiger partial charge is 0.507 e. The Kier molecular flexibility index (Phi) is 4.40. The molecule has 31 heavy (non-hydrogen) atoms. The highest BCUT2D eigenvalue weighted by Gasteiger charge is 2.32. The minimum Gasteiger partial charge on any atom is -0.507 e. The predicted octanol–water partition coefficient (Wildman–Crippen LogP) is 4.72. The average molecular weight is 435 g/mol. The number of hydrogen-bond donors (Lipinski definition) is 3. The molecule has 4 heterocycles. The highest BCUT2D eigenvalue weighted by atomic mass is 32.1. The molecule has 0 radical (unpaired) electrons. The monoisotopic (exact) mass is 434 g/mol. The van der Waals surface area contributed by atoms with Crippen LogP contribution >= 0.6 is 11.3 Å². The van der Waals surface area contributed by atoms with Crippen LogP contribution in [0.3, 0.4) is 0 Å². The third-order valence-corrected chi connectivity index (χ3v) is 5.74. The van der Waals surface area contributed by atoms with Crippen LogP contribution in [-0.2, 0) is 6.61 Å². The molecule has 3 aromatic heterocycles. The van der Waals surface area contributed by atoms with Crippen molar-refractivity contribution in [3.63, 3.8) is 0 Å². The zero-order valence-electron chi connectivity index (χ0n) is 17.4. The van der Waals surface area contributed by atoms with E-state index in [2.05, 4.69) is 10.3 Å². The summed E-state index contributed by atoms with van der Waals surface area (Å²) in [6.45, 7) is 6.00. The number of phenols is 1. The molecule has 1 aliphatic heterocycles. The SMILES string of the molecule is CC(C)(C)NC(=O)c1nn(-c2ccsc2)c2c1COc1cc(O)c(-c3cc[nH]c3)cc1-2. The fraction of sp³-hybridized carbons (Fsp3) is 0.217. The Bertz CT molecular complexity index is 1270. The summed E-state index contributed by atoms with van der Waals surface area (Å²) in [5.41, 5.74) is 4.68. The Morgan fingerprint density at radius 3 is 2.81 bits per heavy atom. The fourth-order valence-electron chi connectivity index (χ4n) is 3.76. The number of aromatic nitrogens is 3. The van der Waals surface area contributed by atoms with Crippen LogP contribution in [0.25, 0.3) is 28.1 Å². The average Bonchev–Trinajstić information content (AvgIpc) is 3.45. The molecular formula is C23H22N4O3S. The first-order chi connectivity index (χ1) is 14.8. The number of H-pyrrole nitrogens is 1. The number of thiophene rings is 1. The number of aromatic amines is 1. The van der Waals surface area contributed by atoms with E-state index in [0.29, 0.717) is 17.0 Å². The van der Waals surface area contributed by atoms with Crippen LogP contribution in [0.5, 0.6) is 11.5 Å². The Morgan fingerprint density at radius 2 is 2.13 bits per heavy atom. The maximum absolute atomic E-state index is 13.1. The molecule has 3 N–H and O–H groups in total. The van der Waals surface area contributed by atoms with Gasteiger partial charge < -0.3 is 20.1 Å². The molecule has 4 aromatic rings. The van der Waals surface area contributed by atoms with Crippen LogP contribution in [-0.4, -0.2) is 31.3 Å². The first-order valence-corrected chi connectivity index (χ1v) is 10.9. The van der Waals surface area contributed by atoms with Gasteiger partial charge in [-0.15, -0.1) is 0 Å². The molecule has 7 nitrogen and oxygen atoms in total. The number of ether oxygens (including phenoxy) is 1. The van der Waals surface area contributed by atoms with Gasteiger partial charge in [-0.2, -0.15) is 16.4 Å². The van der Waals surface area contributed by atoms with Gasteiger partial charge in [-0.05, 0) is 44.4 Å². The number of rotatable bonds is 3. The number of benzene rings is 1. The number of amides is 1. The number of nitrogens with one attached hydrogen (secondary N) is 2. The molecule has 8 heteroatoms. The number of hydrogen-bond acceptors (Lipinski definition) is 5. The van der Waals surface area contributed by atoms with Crippen molar-refractivity contribution in [1.29, 1.82) is 0 Å². The maximum Gasteiger partial charge on any atom is 0.272 e. The summed E-state index contributed by atoms with van der Waals surface area (Å²) >= 11 is 1.56. The molecule has 0 atom stereocenters. The Hall–Kier alpha value is -3.52. The molecule has 5 rings (SSSR count). The Labute approximate surface area is 183 Å². The highest BCUT2D eigenvalue weighted by molar-refractivity contribution is 7.08. The molecule has 0 aliphatic carbocycles. The van der Waals surface area contributed by atoms with Gasteiger partial charge in [0.25, 0.3) is 5.91 Å². The van der Waals surface area contributed by atoms with E-state index >= 15 is 0 Å². The van der Waals surface area contributed by atoms with Gasteiger partial charge in [-0.3, -0.25) is 4.79 Å². The number of fused-ring (bicyclic) bond motifs is 3. The van der Waals surface area contributed by atoms with Crippen molar-refractivity contribution < 1.29 is 14.6 Å². The van der Waals surface area contributed by atoms with Gasteiger partial charge in [0.1, 0.15) is 18.1 Å². The smallest absolute Gasteiger partial charge is 0.272 e. The van der Waals surface area contributed by atoms with Gasteiger partial charge in [0.15, 0.2) is 5.69 Å². The van der Waals surface area contributed by atoms with Crippen LogP contribution < -0.4 is 10.1 Å². The molecule has 0 fully saturated rings. The van der Waals surface area contributed by atoms with E-state index in [0.717, 1.165) is 28.1 Å². The summed E-state index contributed by atoms with van der Waals surface area (Å²) in [6, 6.07) is 7.37. The standard InChI is InChI=1S/C23H22N4O3S/c1-23(2,3)25-22(29)20-17-11-30-19-9-18(28)15(13-4-6-24-10-13)8-16(19)21(17)27(26-20)14-5-7-31-12-14/h4-10,12,24,28H,11H2,1-3H3,(H,25,29). The molecule has 1 amide bonds. The van der Waals surface area contributed by atoms with Crippen LogP contribution in [0, 0.1) is 0 Å². The van der Waals surface area contributed by atoms with Crippen molar-refractivity contribution in [2.24, 2.45) is 0 Å².